The van der Waals surface area contributed by atoms with Crippen LogP contribution in [0.3, 0.4) is 0 Å². The van der Waals surface area contributed by atoms with E-state index in [2.05, 4.69) is 37.5 Å². The van der Waals surface area contributed by atoms with Crippen molar-refractivity contribution in [1.29, 1.82) is 0 Å². The molecule has 0 saturated heterocycles. The fourth-order valence-electron chi connectivity index (χ4n) is 2.91. The van der Waals surface area contributed by atoms with Gasteiger partial charge in [0.2, 0.25) is 0 Å². The fraction of sp³-hybridized carbons (Fsp3) is 0.636. The van der Waals surface area contributed by atoms with Crippen molar-refractivity contribution in [2.75, 3.05) is 0 Å². The Kier molecular flexibility index (Phi) is 10.6. The monoisotopic (exact) mass is 328 g/mol. The smallest absolute Gasteiger partial charge is 0.0816 e. The molecule has 0 fully saturated rings. The van der Waals surface area contributed by atoms with E-state index in [1.165, 1.54) is 85.1 Å². The zero-order chi connectivity index (χ0) is 16.9. The number of rotatable bonds is 10. The third kappa shape index (κ3) is 6.85. The summed E-state index contributed by atoms with van der Waals surface area (Å²) in [5.74, 6) is 12.9. The number of thiophene rings is 1. The van der Waals surface area contributed by atoms with Gasteiger partial charge in [-0.15, -0.1) is 23.2 Å². The molecule has 0 nitrogen and oxygen atoms in total. The second kappa shape index (κ2) is 12.3. The maximum atomic E-state index is 3.34. The van der Waals surface area contributed by atoms with E-state index in [1.807, 2.05) is 25.2 Å². The van der Waals surface area contributed by atoms with Crippen molar-refractivity contribution in [1.82, 2.24) is 0 Å². The summed E-state index contributed by atoms with van der Waals surface area (Å²) >= 11 is 1.82. The molecule has 0 saturated carbocycles. The van der Waals surface area contributed by atoms with Gasteiger partial charge in [-0.25, -0.2) is 0 Å². The minimum atomic E-state index is 1.18. The van der Waals surface area contributed by atoms with Crippen molar-refractivity contribution in [2.45, 2.75) is 91.9 Å². The number of hydrogen-bond acceptors (Lipinski definition) is 1. The topological polar surface area (TPSA) is 0 Å². The molecular formula is C22H32S. The van der Waals surface area contributed by atoms with Gasteiger partial charge in [-0.05, 0) is 50.7 Å². The Morgan fingerprint density at radius 1 is 0.652 bits per heavy atom. The summed E-state index contributed by atoms with van der Waals surface area (Å²) < 4.78 is 0. The maximum Gasteiger partial charge on any atom is 0.0816 e. The molecule has 0 atom stereocenters. The molecule has 0 radical (unpaired) electrons. The van der Waals surface area contributed by atoms with Crippen LogP contribution in [0.1, 0.15) is 99.9 Å². The zero-order valence-electron chi connectivity index (χ0n) is 15.5. The summed E-state index contributed by atoms with van der Waals surface area (Å²) in [7, 11) is 0. The number of unbranched alkanes of at least 4 members (excludes halogenated alkanes) is 6. The first-order valence-electron chi connectivity index (χ1n) is 9.28. The van der Waals surface area contributed by atoms with Crippen LogP contribution >= 0.6 is 11.3 Å². The van der Waals surface area contributed by atoms with Gasteiger partial charge in [0.15, 0.2) is 0 Å². The molecule has 0 bridgehead atoms. The van der Waals surface area contributed by atoms with Gasteiger partial charge in [0.05, 0.1) is 9.75 Å². The molecule has 0 aliphatic rings. The zero-order valence-corrected chi connectivity index (χ0v) is 16.3. The third-order valence-corrected chi connectivity index (χ3v) is 5.26. The molecule has 0 aliphatic carbocycles. The normalized spacial score (nSPS) is 9.91. The highest BCUT2D eigenvalue weighted by Gasteiger charge is 2.15. The highest BCUT2D eigenvalue weighted by molar-refractivity contribution is 7.13. The van der Waals surface area contributed by atoms with Gasteiger partial charge in [-0.2, -0.15) is 0 Å². The largest absolute Gasteiger partial charge is 0.117 e. The van der Waals surface area contributed by atoms with Crippen molar-refractivity contribution in [3.63, 3.8) is 0 Å². The van der Waals surface area contributed by atoms with Crippen LogP contribution in [-0.2, 0) is 12.8 Å². The molecule has 0 spiro atoms. The van der Waals surface area contributed by atoms with E-state index in [4.69, 9.17) is 0 Å². The molecule has 1 rings (SSSR count). The molecule has 0 aliphatic heterocycles. The van der Waals surface area contributed by atoms with E-state index in [0.29, 0.717) is 0 Å². The Morgan fingerprint density at radius 3 is 1.43 bits per heavy atom. The molecule has 1 heterocycles. The Balaban J connectivity index is 2.96. The highest BCUT2D eigenvalue weighted by Crippen LogP contribution is 2.31. The molecule has 126 valence electrons. The van der Waals surface area contributed by atoms with Gasteiger partial charge >= 0.3 is 0 Å². The van der Waals surface area contributed by atoms with E-state index < -0.39 is 0 Å². The van der Waals surface area contributed by atoms with Crippen molar-refractivity contribution in [3.05, 3.63) is 20.9 Å². The second-order valence-corrected chi connectivity index (χ2v) is 7.11. The predicted molar refractivity (Wildman–Crippen MR) is 105 cm³/mol. The predicted octanol–water partition coefficient (Wildman–Crippen LogP) is 6.74. The average molecular weight is 329 g/mol. The summed E-state index contributed by atoms with van der Waals surface area (Å²) in [6, 6.07) is 0. The lowest BCUT2D eigenvalue weighted by Crippen LogP contribution is -1.96. The van der Waals surface area contributed by atoms with E-state index in [1.54, 1.807) is 0 Å². The summed E-state index contributed by atoms with van der Waals surface area (Å²) in [6.45, 7) is 8.42. The Morgan fingerprint density at radius 2 is 1.09 bits per heavy atom. The van der Waals surface area contributed by atoms with Crippen LogP contribution in [0.4, 0.5) is 0 Å². The Hall–Kier alpha value is -1.18. The maximum absolute atomic E-state index is 3.34. The lowest BCUT2D eigenvalue weighted by Gasteiger charge is -2.07. The van der Waals surface area contributed by atoms with Crippen LogP contribution in [-0.4, -0.2) is 0 Å². The Bertz CT molecular complexity index is 518. The molecule has 1 aromatic rings. The van der Waals surface area contributed by atoms with E-state index in [9.17, 15) is 0 Å². The van der Waals surface area contributed by atoms with E-state index in [0.717, 1.165) is 0 Å². The van der Waals surface area contributed by atoms with E-state index >= 15 is 0 Å². The van der Waals surface area contributed by atoms with Crippen molar-refractivity contribution < 1.29 is 0 Å². The molecule has 0 N–H and O–H groups in total. The van der Waals surface area contributed by atoms with Crippen LogP contribution < -0.4 is 0 Å². The van der Waals surface area contributed by atoms with Crippen LogP contribution in [0.5, 0.6) is 0 Å². The van der Waals surface area contributed by atoms with E-state index in [-0.39, 0.29) is 0 Å². The van der Waals surface area contributed by atoms with Crippen LogP contribution in [0, 0.1) is 23.7 Å². The first-order valence-corrected chi connectivity index (χ1v) is 10.1. The van der Waals surface area contributed by atoms with Crippen molar-refractivity contribution in [3.8, 4) is 23.7 Å². The molecule has 1 heteroatoms. The molecule has 0 unspecified atom stereocenters. The molecular weight excluding hydrogens is 296 g/mol. The lowest BCUT2D eigenvalue weighted by atomic mass is 9.97. The van der Waals surface area contributed by atoms with Gasteiger partial charge in [0, 0.05) is 0 Å². The first-order chi connectivity index (χ1) is 11.3. The minimum Gasteiger partial charge on any atom is -0.117 e. The van der Waals surface area contributed by atoms with Gasteiger partial charge in [-0.1, -0.05) is 64.2 Å². The highest BCUT2D eigenvalue weighted by atomic mass is 32.1. The first kappa shape index (κ1) is 19.9. The van der Waals surface area contributed by atoms with Gasteiger partial charge in [-0.3, -0.25) is 0 Å². The summed E-state index contributed by atoms with van der Waals surface area (Å²) in [5, 5.41) is 0. The Labute approximate surface area is 148 Å². The van der Waals surface area contributed by atoms with Crippen molar-refractivity contribution in [2.24, 2.45) is 0 Å². The molecule has 0 amide bonds. The summed E-state index contributed by atoms with van der Waals surface area (Å²) in [6.07, 6.45) is 12.8. The summed E-state index contributed by atoms with van der Waals surface area (Å²) in [5.41, 5.74) is 3.02. The average Bonchev–Trinajstić information content (AvgIpc) is 2.86. The van der Waals surface area contributed by atoms with Crippen LogP contribution in [0.2, 0.25) is 0 Å². The van der Waals surface area contributed by atoms with Crippen LogP contribution in [0.25, 0.3) is 0 Å². The van der Waals surface area contributed by atoms with Gasteiger partial charge in [0.25, 0.3) is 0 Å². The number of hydrogen-bond donors (Lipinski definition) is 0. The SMILES string of the molecule is CC#Cc1sc(C#CC)c(CCCCCC)c1CCCCCC. The third-order valence-electron chi connectivity index (χ3n) is 4.15. The summed E-state index contributed by atoms with van der Waals surface area (Å²) in [4.78, 5) is 2.54. The molecule has 23 heavy (non-hydrogen) atoms. The second-order valence-electron chi connectivity index (χ2n) is 6.09. The van der Waals surface area contributed by atoms with Gasteiger partial charge in [0.1, 0.15) is 0 Å². The lowest BCUT2D eigenvalue weighted by molar-refractivity contribution is 0.651. The minimum absolute atomic E-state index is 1.18. The van der Waals surface area contributed by atoms with Crippen LogP contribution in [0.15, 0.2) is 0 Å². The quantitative estimate of drug-likeness (QED) is 0.330. The van der Waals surface area contributed by atoms with Gasteiger partial charge < -0.3 is 0 Å². The molecule has 1 aromatic heterocycles. The van der Waals surface area contributed by atoms with Crippen molar-refractivity contribution >= 4 is 11.3 Å². The molecule has 0 aromatic carbocycles. The fourth-order valence-corrected chi connectivity index (χ4v) is 4.12. The standard InChI is InChI=1S/C22H32S/c1-5-9-11-13-17-19-20(18-14-12-10-6-2)22(16-8-4)23-21(19)15-7-3/h5-6,9-14,17-18H2,1-4H3.